The summed E-state index contributed by atoms with van der Waals surface area (Å²) >= 11 is 0. The third kappa shape index (κ3) is 4.04. The van der Waals surface area contributed by atoms with Gasteiger partial charge in [-0.3, -0.25) is 20.0 Å². The number of carbonyl (C=O) groups is 2. The minimum absolute atomic E-state index is 0.0758. The van der Waals surface area contributed by atoms with E-state index in [-0.39, 0.29) is 29.5 Å². The number of hydrazine groups is 1. The van der Waals surface area contributed by atoms with E-state index in [1.54, 1.807) is 19.0 Å². The Hall–Kier alpha value is -2.84. The van der Waals surface area contributed by atoms with Crippen LogP contribution < -0.4 is 16.2 Å². The highest BCUT2D eigenvalue weighted by Crippen LogP contribution is 2.26. The number of amides is 2. The summed E-state index contributed by atoms with van der Waals surface area (Å²) in [7, 11) is 3.53. The Morgan fingerprint density at radius 2 is 2.00 bits per heavy atom. The van der Waals surface area contributed by atoms with Gasteiger partial charge in [-0.2, -0.15) is 0 Å². The fraction of sp³-hybridized carbons (Fsp3) is 0.333. The van der Waals surface area contributed by atoms with Crippen LogP contribution in [-0.4, -0.2) is 47.3 Å². The van der Waals surface area contributed by atoms with Crippen molar-refractivity contribution in [2.45, 2.75) is 12.6 Å². The number of rotatable bonds is 5. The van der Waals surface area contributed by atoms with Gasteiger partial charge in [0.25, 0.3) is 5.91 Å². The molecule has 26 heavy (non-hydrogen) atoms. The molecule has 2 amide bonds. The molecule has 2 aromatic rings. The maximum atomic E-state index is 12.3. The van der Waals surface area contributed by atoms with Gasteiger partial charge in [-0.1, -0.05) is 24.3 Å². The lowest BCUT2D eigenvalue weighted by Gasteiger charge is -2.21. The highest BCUT2D eigenvalue weighted by Gasteiger charge is 2.34. The molecule has 2 heterocycles. The molecule has 1 aliphatic heterocycles. The first-order valence-corrected chi connectivity index (χ1v) is 8.39. The van der Waals surface area contributed by atoms with Gasteiger partial charge in [0.1, 0.15) is 5.69 Å². The van der Waals surface area contributed by atoms with Gasteiger partial charge in [-0.15, -0.1) is 0 Å². The second-order valence-electron chi connectivity index (χ2n) is 6.36. The third-order valence-corrected chi connectivity index (χ3v) is 4.33. The molecule has 1 aromatic heterocycles. The van der Waals surface area contributed by atoms with Crippen molar-refractivity contribution in [1.29, 1.82) is 0 Å². The van der Waals surface area contributed by atoms with Crippen LogP contribution in [0, 0.1) is 5.92 Å². The van der Waals surface area contributed by atoms with Crippen LogP contribution >= 0.6 is 0 Å². The van der Waals surface area contributed by atoms with E-state index in [0.717, 1.165) is 11.1 Å². The minimum atomic E-state index is -0.263. The van der Waals surface area contributed by atoms with E-state index in [0.29, 0.717) is 13.1 Å². The van der Waals surface area contributed by atoms with Gasteiger partial charge in [-0.05, 0) is 11.1 Å². The number of hydrogen-bond acceptors (Lipinski definition) is 6. The van der Waals surface area contributed by atoms with Crippen LogP contribution in [0.5, 0.6) is 0 Å². The maximum absolute atomic E-state index is 12.3. The Morgan fingerprint density at radius 1 is 1.23 bits per heavy atom. The van der Waals surface area contributed by atoms with Crippen molar-refractivity contribution < 1.29 is 9.59 Å². The summed E-state index contributed by atoms with van der Waals surface area (Å²) in [6, 6.07) is 7.77. The molecule has 0 spiro atoms. The topological polar surface area (TPSA) is 99.2 Å². The van der Waals surface area contributed by atoms with E-state index in [1.807, 2.05) is 24.3 Å². The van der Waals surface area contributed by atoms with E-state index in [1.165, 1.54) is 18.6 Å². The Kier molecular flexibility index (Phi) is 5.55. The van der Waals surface area contributed by atoms with Crippen LogP contribution in [0.1, 0.15) is 27.7 Å². The van der Waals surface area contributed by atoms with Crippen molar-refractivity contribution in [2.75, 3.05) is 20.6 Å². The highest BCUT2D eigenvalue weighted by atomic mass is 16.2. The maximum Gasteiger partial charge on any atom is 0.271 e. The summed E-state index contributed by atoms with van der Waals surface area (Å²) in [5.74, 6) is -0.319. The van der Waals surface area contributed by atoms with Crippen molar-refractivity contribution in [3.8, 4) is 0 Å². The molecule has 3 N–H and O–H groups in total. The first-order chi connectivity index (χ1) is 12.6. The molecule has 136 valence electrons. The molecule has 0 saturated carbocycles. The SMILES string of the molecule is CN(C)C(=O)C1CNNC1c1ccc(CNC(=O)c2cnccn2)cc1. The summed E-state index contributed by atoms with van der Waals surface area (Å²) in [4.78, 5) is 33.8. The number of aromatic nitrogens is 2. The van der Waals surface area contributed by atoms with Gasteiger partial charge in [0.2, 0.25) is 5.91 Å². The van der Waals surface area contributed by atoms with E-state index < -0.39 is 0 Å². The van der Waals surface area contributed by atoms with Crippen LogP contribution in [0.3, 0.4) is 0 Å². The van der Waals surface area contributed by atoms with Crippen LogP contribution in [0.25, 0.3) is 0 Å². The van der Waals surface area contributed by atoms with E-state index in [9.17, 15) is 9.59 Å². The summed E-state index contributed by atoms with van der Waals surface area (Å²) in [6.07, 6.45) is 4.44. The first kappa shape index (κ1) is 18.0. The number of carbonyl (C=O) groups excluding carboxylic acids is 2. The average molecular weight is 354 g/mol. The summed E-state index contributed by atoms with van der Waals surface area (Å²) < 4.78 is 0. The fourth-order valence-electron chi connectivity index (χ4n) is 2.91. The lowest BCUT2D eigenvalue weighted by molar-refractivity contribution is -0.132. The Bertz CT molecular complexity index is 763. The lowest BCUT2D eigenvalue weighted by Crippen LogP contribution is -2.34. The summed E-state index contributed by atoms with van der Waals surface area (Å²) in [5.41, 5.74) is 8.51. The van der Waals surface area contributed by atoms with Crippen molar-refractivity contribution in [3.63, 3.8) is 0 Å². The van der Waals surface area contributed by atoms with Crippen LogP contribution in [-0.2, 0) is 11.3 Å². The zero-order chi connectivity index (χ0) is 18.5. The van der Waals surface area contributed by atoms with Crippen molar-refractivity contribution in [2.24, 2.45) is 5.92 Å². The highest BCUT2D eigenvalue weighted by molar-refractivity contribution is 5.91. The average Bonchev–Trinajstić information content (AvgIpc) is 3.16. The minimum Gasteiger partial charge on any atom is -0.348 e. The molecule has 2 atom stereocenters. The molecular formula is C18H22N6O2. The van der Waals surface area contributed by atoms with Crippen molar-refractivity contribution >= 4 is 11.8 Å². The van der Waals surface area contributed by atoms with Crippen molar-refractivity contribution in [3.05, 3.63) is 59.7 Å². The molecule has 3 rings (SSSR count). The standard InChI is InChI=1S/C18H22N6O2/c1-24(2)18(26)14-10-22-23-16(14)13-5-3-12(4-6-13)9-21-17(25)15-11-19-7-8-20-15/h3-8,11,14,16,22-23H,9-10H2,1-2H3,(H,21,25). The normalized spacial score (nSPS) is 19.2. The molecule has 0 aliphatic carbocycles. The van der Waals surface area contributed by atoms with Gasteiger partial charge in [0.05, 0.1) is 18.2 Å². The predicted molar refractivity (Wildman–Crippen MR) is 95.7 cm³/mol. The molecule has 8 nitrogen and oxygen atoms in total. The Labute approximate surface area is 152 Å². The number of nitrogens with zero attached hydrogens (tertiary/aromatic N) is 3. The molecule has 2 unspecified atom stereocenters. The van der Waals surface area contributed by atoms with Gasteiger partial charge in [-0.25, -0.2) is 10.4 Å². The second-order valence-corrected chi connectivity index (χ2v) is 6.36. The monoisotopic (exact) mass is 354 g/mol. The van der Waals surface area contributed by atoms with Gasteiger partial charge < -0.3 is 10.2 Å². The van der Waals surface area contributed by atoms with E-state index in [4.69, 9.17) is 0 Å². The molecule has 8 heteroatoms. The largest absolute Gasteiger partial charge is 0.348 e. The zero-order valence-electron chi connectivity index (χ0n) is 14.8. The van der Waals surface area contributed by atoms with Crippen LogP contribution in [0.2, 0.25) is 0 Å². The molecule has 1 saturated heterocycles. The summed E-state index contributed by atoms with van der Waals surface area (Å²) in [6.45, 7) is 0.990. The van der Waals surface area contributed by atoms with Crippen LogP contribution in [0.4, 0.5) is 0 Å². The number of benzene rings is 1. The molecule has 0 radical (unpaired) electrons. The molecule has 1 fully saturated rings. The first-order valence-electron chi connectivity index (χ1n) is 8.39. The fourth-order valence-corrected chi connectivity index (χ4v) is 2.91. The molecule has 1 aromatic carbocycles. The molecule has 1 aliphatic rings. The molecule has 0 bridgehead atoms. The Balaban J connectivity index is 1.61. The molecular weight excluding hydrogens is 332 g/mol. The predicted octanol–water partition coefficient (Wildman–Crippen LogP) is 0.260. The van der Waals surface area contributed by atoms with E-state index in [2.05, 4.69) is 26.1 Å². The lowest BCUT2D eigenvalue weighted by atomic mass is 9.93. The second kappa shape index (κ2) is 8.03. The summed E-state index contributed by atoms with van der Waals surface area (Å²) in [5, 5.41) is 2.82. The van der Waals surface area contributed by atoms with Crippen LogP contribution in [0.15, 0.2) is 42.9 Å². The quantitative estimate of drug-likeness (QED) is 0.712. The Morgan fingerprint density at radius 3 is 2.65 bits per heavy atom. The number of nitrogens with one attached hydrogen (secondary N) is 3. The number of hydrogen-bond donors (Lipinski definition) is 3. The van der Waals surface area contributed by atoms with Crippen molar-refractivity contribution in [1.82, 2.24) is 31.0 Å². The zero-order valence-corrected chi connectivity index (χ0v) is 14.8. The van der Waals surface area contributed by atoms with Gasteiger partial charge in [0, 0.05) is 39.6 Å². The third-order valence-electron chi connectivity index (χ3n) is 4.33. The smallest absolute Gasteiger partial charge is 0.271 e. The van der Waals surface area contributed by atoms with Gasteiger partial charge in [0.15, 0.2) is 0 Å². The van der Waals surface area contributed by atoms with E-state index >= 15 is 0 Å². The van der Waals surface area contributed by atoms with Gasteiger partial charge >= 0.3 is 0 Å².